The number of hydrogen-bond acceptors (Lipinski definition) is 5. The van der Waals surface area contributed by atoms with E-state index in [9.17, 15) is 14.4 Å². The molecule has 0 aliphatic rings. The fourth-order valence-electron chi connectivity index (χ4n) is 2.11. The summed E-state index contributed by atoms with van der Waals surface area (Å²) in [4.78, 5) is 35.2. The van der Waals surface area contributed by atoms with Gasteiger partial charge in [-0.15, -0.1) is 0 Å². The summed E-state index contributed by atoms with van der Waals surface area (Å²) < 4.78 is 10.3. The largest absolute Gasteiger partial charge is 0.493 e. The van der Waals surface area contributed by atoms with Crippen molar-refractivity contribution in [3.05, 3.63) is 53.6 Å². The van der Waals surface area contributed by atoms with Gasteiger partial charge in [-0.25, -0.2) is 0 Å². The number of ketones is 1. The van der Waals surface area contributed by atoms with Crippen LogP contribution in [0.15, 0.2) is 42.5 Å². The number of Topliss-reactive ketones (excluding diaryl/α,β-unsaturated/α-hetero) is 1. The summed E-state index contributed by atoms with van der Waals surface area (Å²) in [6, 6.07) is 11.2. The van der Waals surface area contributed by atoms with Crippen molar-refractivity contribution >= 4 is 23.3 Å². The monoisotopic (exact) mass is 341 g/mol. The van der Waals surface area contributed by atoms with Crippen LogP contribution < -0.4 is 14.8 Å². The summed E-state index contributed by atoms with van der Waals surface area (Å²) >= 11 is 0. The highest BCUT2D eigenvalue weighted by atomic mass is 16.6. The lowest BCUT2D eigenvalue weighted by molar-refractivity contribution is -0.134. The molecule has 0 heterocycles. The van der Waals surface area contributed by atoms with Crippen molar-refractivity contribution in [3.8, 4) is 11.5 Å². The van der Waals surface area contributed by atoms with E-state index in [1.807, 2.05) is 0 Å². The Kier molecular flexibility index (Phi) is 5.89. The molecule has 0 unspecified atom stereocenters. The van der Waals surface area contributed by atoms with Gasteiger partial charge in [-0.3, -0.25) is 14.4 Å². The van der Waals surface area contributed by atoms with Crippen LogP contribution in [-0.2, 0) is 4.79 Å². The number of ether oxygens (including phenoxy) is 2. The van der Waals surface area contributed by atoms with E-state index in [0.29, 0.717) is 16.8 Å². The average molecular weight is 341 g/mol. The molecule has 2 rings (SSSR count). The Labute approximate surface area is 145 Å². The van der Waals surface area contributed by atoms with Crippen LogP contribution in [0.4, 0.5) is 5.69 Å². The summed E-state index contributed by atoms with van der Waals surface area (Å²) in [5.74, 6) is -0.305. The zero-order valence-corrected chi connectivity index (χ0v) is 14.3. The number of rotatable bonds is 6. The lowest BCUT2D eigenvalue weighted by Gasteiger charge is -2.11. The predicted octanol–water partition coefficient (Wildman–Crippen LogP) is 3.47. The van der Waals surface area contributed by atoms with E-state index >= 15 is 0 Å². The van der Waals surface area contributed by atoms with E-state index in [1.165, 1.54) is 32.2 Å². The number of carbonyl (C=O) groups is 3. The summed E-state index contributed by atoms with van der Waals surface area (Å²) in [5.41, 5.74) is 1.36. The molecule has 6 heteroatoms. The average Bonchev–Trinajstić information content (AvgIpc) is 2.61. The predicted molar refractivity (Wildman–Crippen MR) is 93.3 cm³/mol. The summed E-state index contributed by atoms with van der Waals surface area (Å²) in [5, 5.41) is 2.72. The van der Waals surface area contributed by atoms with Crippen LogP contribution in [0.2, 0.25) is 0 Å². The number of benzene rings is 2. The fourth-order valence-corrected chi connectivity index (χ4v) is 2.11. The third-order valence-electron chi connectivity index (χ3n) is 3.47. The topological polar surface area (TPSA) is 81.7 Å². The molecule has 6 nitrogen and oxygen atoms in total. The molecule has 1 amide bonds. The Morgan fingerprint density at radius 2 is 1.76 bits per heavy atom. The van der Waals surface area contributed by atoms with Crippen LogP contribution in [0.25, 0.3) is 0 Å². The second-order valence-corrected chi connectivity index (χ2v) is 5.28. The van der Waals surface area contributed by atoms with Gasteiger partial charge in [-0.05, 0) is 37.3 Å². The zero-order chi connectivity index (χ0) is 18.4. The highest BCUT2D eigenvalue weighted by Crippen LogP contribution is 2.28. The van der Waals surface area contributed by atoms with Gasteiger partial charge in [0.05, 0.1) is 7.11 Å². The minimum absolute atomic E-state index is 0.0835. The molecule has 0 aromatic heterocycles. The first-order valence-corrected chi connectivity index (χ1v) is 7.75. The summed E-state index contributed by atoms with van der Waals surface area (Å²) in [7, 11) is 1.43. The smallest absolute Gasteiger partial charge is 0.311 e. The lowest BCUT2D eigenvalue weighted by Crippen LogP contribution is -2.13. The summed E-state index contributed by atoms with van der Waals surface area (Å²) in [6.45, 7) is 3.15. The lowest BCUT2D eigenvalue weighted by atomic mass is 10.1. The van der Waals surface area contributed by atoms with Gasteiger partial charge in [0.25, 0.3) is 5.91 Å². The van der Waals surface area contributed by atoms with E-state index in [1.54, 1.807) is 31.2 Å². The van der Waals surface area contributed by atoms with Crippen LogP contribution in [0.1, 0.15) is 41.0 Å². The minimum Gasteiger partial charge on any atom is -0.493 e. The quantitative estimate of drug-likeness (QED) is 0.494. The molecule has 0 atom stereocenters. The van der Waals surface area contributed by atoms with Gasteiger partial charge in [0.2, 0.25) is 0 Å². The highest BCUT2D eigenvalue weighted by Gasteiger charge is 2.14. The number of anilines is 1. The van der Waals surface area contributed by atoms with Gasteiger partial charge >= 0.3 is 5.97 Å². The van der Waals surface area contributed by atoms with Gasteiger partial charge in [0.15, 0.2) is 17.3 Å². The van der Waals surface area contributed by atoms with Crippen molar-refractivity contribution in [2.75, 3.05) is 12.4 Å². The number of esters is 1. The standard InChI is InChI=1S/C19H19NO5/c1-4-18(22)25-16-9-8-14(11-17(16)24-3)19(23)20-15-7-5-6-13(10-15)12(2)21/h5-11H,4H2,1-3H3,(H,20,23). The third-order valence-corrected chi connectivity index (χ3v) is 3.47. The first-order valence-electron chi connectivity index (χ1n) is 7.75. The van der Waals surface area contributed by atoms with Crippen LogP contribution in [0.5, 0.6) is 11.5 Å². The van der Waals surface area contributed by atoms with Crippen molar-refractivity contribution in [3.63, 3.8) is 0 Å². The number of amides is 1. The van der Waals surface area contributed by atoms with Gasteiger partial charge < -0.3 is 14.8 Å². The normalized spacial score (nSPS) is 10.0. The van der Waals surface area contributed by atoms with E-state index in [-0.39, 0.29) is 29.6 Å². The fraction of sp³-hybridized carbons (Fsp3) is 0.211. The molecule has 0 fully saturated rings. The molecule has 0 spiro atoms. The van der Waals surface area contributed by atoms with Crippen molar-refractivity contribution in [1.29, 1.82) is 0 Å². The number of carbonyl (C=O) groups excluding carboxylic acids is 3. The molecule has 2 aromatic carbocycles. The number of methoxy groups -OCH3 is 1. The third kappa shape index (κ3) is 4.67. The Morgan fingerprint density at radius 1 is 1.00 bits per heavy atom. The van der Waals surface area contributed by atoms with Crippen molar-refractivity contribution < 1.29 is 23.9 Å². The van der Waals surface area contributed by atoms with Crippen LogP contribution in [0, 0.1) is 0 Å². The van der Waals surface area contributed by atoms with Gasteiger partial charge in [-0.2, -0.15) is 0 Å². The molecule has 0 bridgehead atoms. The van der Waals surface area contributed by atoms with E-state index < -0.39 is 5.97 Å². The van der Waals surface area contributed by atoms with E-state index in [0.717, 1.165) is 0 Å². The second-order valence-electron chi connectivity index (χ2n) is 5.28. The number of nitrogens with one attached hydrogen (secondary N) is 1. The molecule has 0 saturated heterocycles. The van der Waals surface area contributed by atoms with Crippen molar-refractivity contribution in [2.45, 2.75) is 20.3 Å². The highest BCUT2D eigenvalue weighted by molar-refractivity contribution is 6.05. The van der Waals surface area contributed by atoms with Gasteiger partial charge in [0.1, 0.15) is 0 Å². The molecule has 2 aromatic rings. The molecule has 0 saturated carbocycles. The van der Waals surface area contributed by atoms with Crippen molar-refractivity contribution in [2.24, 2.45) is 0 Å². The molecule has 25 heavy (non-hydrogen) atoms. The molecule has 0 aliphatic heterocycles. The first kappa shape index (κ1) is 18.2. The molecular weight excluding hydrogens is 322 g/mol. The summed E-state index contributed by atoms with van der Waals surface area (Å²) in [6.07, 6.45) is 0.234. The van der Waals surface area contributed by atoms with Crippen LogP contribution >= 0.6 is 0 Å². The SMILES string of the molecule is CCC(=O)Oc1ccc(C(=O)Nc2cccc(C(C)=O)c2)cc1OC. The maximum absolute atomic E-state index is 12.4. The Bertz CT molecular complexity index is 813. The molecule has 0 radical (unpaired) electrons. The van der Waals surface area contributed by atoms with Gasteiger partial charge in [0, 0.05) is 23.2 Å². The minimum atomic E-state index is -0.392. The van der Waals surface area contributed by atoms with Crippen LogP contribution in [-0.4, -0.2) is 24.8 Å². The molecule has 0 aliphatic carbocycles. The zero-order valence-electron chi connectivity index (χ0n) is 14.3. The molecule has 1 N–H and O–H groups in total. The number of hydrogen-bond donors (Lipinski definition) is 1. The second kappa shape index (κ2) is 8.10. The van der Waals surface area contributed by atoms with Crippen LogP contribution in [0.3, 0.4) is 0 Å². The van der Waals surface area contributed by atoms with E-state index in [2.05, 4.69) is 5.32 Å². The molecule has 130 valence electrons. The van der Waals surface area contributed by atoms with Crippen molar-refractivity contribution in [1.82, 2.24) is 0 Å². The Balaban J connectivity index is 2.20. The maximum atomic E-state index is 12.4. The van der Waals surface area contributed by atoms with Gasteiger partial charge in [-0.1, -0.05) is 19.1 Å². The first-order chi connectivity index (χ1) is 11.9. The Hall–Kier alpha value is -3.15. The Morgan fingerprint density at radius 3 is 2.40 bits per heavy atom. The maximum Gasteiger partial charge on any atom is 0.311 e. The molecular formula is C19H19NO5. The van der Waals surface area contributed by atoms with E-state index in [4.69, 9.17) is 9.47 Å².